The van der Waals surface area contributed by atoms with Crippen LogP contribution in [0.5, 0.6) is 0 Å². The Kier molecular flexibility index (Phi) is 5.39. The first kappa shape index (κ1) is 18.3. The molecule has 1 unspecified atom stereocenters. The predicted octanol–water partition coefficient (Wildman–Crippen LogP) is 3.16. The molecule has 5 nitrogen and oxygen atoms in total. The summed E-state index contributed by atoms with van der Waals surface area (Å²) in [5.74, 6) is -0.672. The van der Waals surface area contributed by atoms with Gasteiger partial charge in [-0.25, -0.2) is 4.39 Å². The lowest BCUT2D eigenvalue weighted by Gasteiger charge is -2.39. The Labute approximate surface area is 163 Å². The lowest BCUT2D eigenvalue weighted by Crippen LogP contribution is -2.49. The van der Waals surface area contributed by atoms with E-state index in [-0.39, 0.29) is 11.9 Å². The van der Waals surface area contributed by atoms with Crippen LogP contribution in [0.15, 0.2) is 73.3 Å². The Morgan fingerprint density at radius 2 is 1.64 bits per heavy atom. The highest BCUT2D eigenvalue weighted by atomic mass is 19.1. The van der Waals surface area contributed by atoms with E-state index in [2.05, 4.69) is 33.1 Å². The average molecular weight is 376 g/mol. The number of aromatic nitrogens is 2. The van der Waals surface area contributed by atoms with Gasteiger partial charge in [-0.15, -0.1) is 0 Å². The van der Waals surface area contributed by atoms with E-state index in [9.17, 15) is 9.18 Å². The molecule has 3 heterocycles. The summed E-state index contributed by atoms with van der Waals surface area (Å²) in [6.07, 6.45) is 6.19. The first-order chi connectivity index (χ1) is 13.7. The van der Waals surface area contributed by atoms with Gasteiger partial charge >= 0.3 is 0 Å². The SMILES string of the molecule is O=C(c1cncc(F)c1)N1CCN(C(c2ccccc2)c2cccnc2)CC1. The van der Waals surface area contributed by atoms with Crippen molar-refractivity contribution < 1.29 is 9.18 Å². The third-order valence-electron chi connectivity index (χ3n) is 5.03. The Hall–Kier alpha value is -3.12. The van der Waals surface area contributed by atoms with Gasteiger partial charge in [-0.3, -0.25) is 19.7 Å². The van der Waals surface area contributed by atoms with E-state index in [4.69, 9.17) is 0 Å². The molecule has 4 rings (SSSR count). The van der Waals surface area contributed by atoms with Crippen LogP contribution >= 0.6 is 0 Å². The molecule has 142 valence electrons. The number of amides is 1. The molecule has 1 aromatic carbocycles. The summed E-state index contributed by atoms with van der Waals surface area (Å²) in [5, 5.41) is 0. The van der Waals surface area contributed by atoms with Crippen molar-refractivity contribution in [3.8, 4) is 0 Å². The summed E-state index contributed by atoms with van der Waals surface area (Å²) in [5.41, 5.74) is 2.62. The molecule has 1 aliphatic rings. The minimum Gasteiger partial charge on any atom is -0.336 e. The van der Waals surface area contributed by atoms with Gasteiger partial charge in [0.05, 0.1) is 17.8 Å². The normalized spacial score (nSPS) is 16.0. The predicted molar refractivity (Wildman–Crippen MR) is 104 cm³/mol. The molecule has 1 amide bonds. The highest BCUT2D eigenvalue weighted by Crippen LogP contribution is 2.29. The zero-order chi connectivity index (χ0) is 19.3. The Morgan fingerprint density at radius 3 is 2.32 bits per heavy atom. The van der Waals surface area contributed by atoms with Crippen molar-refractivity contribution in [3.05, 3.63) is 95.8 Å². The van der Waals surface area contributed by atoms with Gasteiger partial charge in [0.15, 0.2) is 0 Å². The van der Waals surface area contributed by atoms with E-state index in [1.807, 2.05) is 30.5 Å². The zero-order valence-electron chi connectivity index (χ0n) is 15.4. The molecule has 0 spiro atoms. The van der Waals surface area contributed by atoms with E-state index in [0.29, 0.717) is 18.7 Å². The van der Waals surface area contributed by atoms with E-state index >= 15 is 0 Å². The maximum atomic E-state index is 13.4. The van der Waals surface area contributed by atoms with Crippen LogP contribution < -0.4 is 0 Å². The molecule has 0 bridgehead atoms. The molecule has 0 radical (unpaired) electrons. The number of nitrogens with zero attached hydrogens (tertiary/aromatic N) is 4. The van der Waals surface area contributed by atoms with Crippen molar-refractivity contribution in [2.75, 3.05) is 26.2 Å². The number of benzene rings is 1. The van der Waals surface area contributed by atoms with Crippen LogP contribution in [-0.2, 0) is 0 Å². The molecular weight excluding hydrogens is 355 g/mol. The van der Waals surface area contributed by atoms with E-state index < -0.39 is 5.82 Å². The van der Waals surface area contributed by atoms with Crippen molar-refractivity contribution in [1.29, 1.82) is 0 Å². The first-order valence-corrected chi connectivity index (χ1v) is 9.31. The number of carbonyl (C=O) groups is 1. The summed E-state index contributed by atoms with van der Waals surface area (Å²) in [7, 11) is 0. The van der Waals surface area contributed by atoms with Crippen LogP contribution in [0, 0.1) is 5.82 Å². The summed E-state index contributed by atoms with van der Waals surface area (Å²) < 4.78 is 13.4. The van der Waals surface area contributed by atoms with Crippen LogP contribution in [-0.4, -0.2) is 51.9 Å². The number of hydrogen-bond donors (Lipinski definition) is 0. The molecule has 2 aromatic heterocycles. The summed E-state index contributed by atoms with van der Waals surface area (Å²) >= 11 is 0. The smallest absolute Gasteiger partial charge is 0.255 e. The van der Waals surface area contributed by atoms with Crippen molar-refractivity contribution in [2.45, 2.75) is 6.04 Å². The fourth-order valence-corrected chi connectivity index (χ4v) is 3.68. The fourth-order valence-electron chi connectivity index (χ4n) is 3.68. The van der Waals surface area contributed by atoms with Crippen LogP contribution in [0.1, 0.15) is 27.5 Å². The Morgan fingerprint density at radius 1 is 0.893 bits per heavy atom. The van der Waals surface area contributed by atoms with Crippen molar-refractivity contribution >= 4 is 5.91 Å². The van der Waals surface area contributed by atoms with Crippen molar-refractivity contribution in [2.24, 2.45) is 0 Å². The largest absolute Gasteiger partial charge is 0.336 e. The first-order valence-electron chi connectivity index (χ1n) is 9.31. The number of pyridine rings is 2. The molecule has 6 heteroatoms. The third-order valence-corrected chi connectivity index (χ3v) is 5.03. The Balaban J connectivity index is 1.51. The van der Waals surface area contributed by atoms with Gasteiger partial charge in [-0.05, 0) is 23.3 Å². The van der Waals surface area contributed by atoms with Crippen molar-refractivity contribution in [1.82, 2.24) is 19.8 Å². The summed E-state index contributed by atoms with van der Waals surface area (Å²) in [4.78, 5) is 24.8. The minimum atomic E-state index is -0.495. The quantitative estimate of drug-likeness (QED) is 0.702. The maximum Gasteiger partial charge on any atom is 0.255 e. The average Bonchev–Trinajstić information content (AvgIpc) is 2.75. The molecule has 0 N–H and O–H groups in total. The fraction of sp³-hybridized carbons (Fsp3) is 0.227. The molecule has 1 fully saturated rings. The standard InChI is InChI=1S/C22H21FN4O/c23-20-13-19(15-25-16-20)22(28)27-11-9-26(10-12-27)21(17-5-2-1-3-6-17)18-7-4-8-24-14-18/h1-8,13-16,21H,9-12H2. The zero-order valence-corrected chi connectivity index (χ0v) is 15.4. The summed E-state index contributed by atoms with van der Waals surface area (Å²) in [6, 6.07) is 15.7. The highest BCUT2D eigenvalue weighted by molar-refractivity contribution is 5.94. The molecule has 1 aliphatic heterocycles. The van der Waals surface area contributed by atoms with Gasteiger partial charge in [-0.1, -0.05) is 36.4 Å². The van der Waals surface area contributed by atoms with E-state index in [0.717, 1.165) is 24.8 Å². The monoisotopic (exact) mass is 376 g/mol. The second-order valence-corrected chi connectivity index (χ2v) is 6.82. The lowest BCUT2D eigenvalue weighted by atomic mass is 9.97. The molecule has 28 heavy (non-hydrogen) atoms. The molecular formula is C22H21FN4O. The van der Waals surface area contributed by atoms with Gasteiger partial charge < -0.3 is 4.90 Å². The second-order valence-electron chi connectivity index (χ2n) is 6.82. The molecule has 0 saturated carbocycles. The second kappa shape index (κ2) is 8.27. The third kappa shape index (κ3) is 3.92. The molecule has 1 saturated heterocycles. The van der Waals surface area contributed by atoms with Gasteiger partial charge in [0.1, 0.15) is 5.82 Å². The number of halogens is 1. The highest BCUT2D eigenvalue weighted by Gasteiger charge is 2.28. The van der Waals surface area contributed by atoms with Gasteiger partial charge in [0.25, 0.3) is 5.91 Å². The molecule has 0 aliphatic carbocycles. The van der Waals surface area contributed by atoms with Crippen LogP contribution in [0.4, 0.5) is 4.39 Å². The lowest BCUT2D eigenvalue weighted by molar-refractivity contribution is 0.0596. The minimum absolute atomic E-state index is 0.0861. The summed E-state index contributed by atoms with van der Waals surface area (Å²) in [6.45, 7) is 2.61. The van der Waals surface area contributed by atoms with Crippen molar-refractivity contribution in [3.63, 3.8) is 0 Å². The number of piperazine rings is 1. The molecule has 3 aromatic rings. The van der Waals surface area contributed by atoms with Crippen LogP contribution in [0.25, 0.3) is 0 Å². The van der Waals surface area contributed by atoms with Gasteiger partial charge in [0.2, 0.25) is 0 Å². The Bertz CT molecular complexity index is 888. The van der Waals surface area contributed by atoms with Gasteiger partial charge in [-0.2, -0.15) is 0 Å². The number of hydrogen-bond acceptors (Lipinski definition) is 4. The molecule has 1 atom stereocenters. The topological polar surface area (TPSA) is 49.3 Å². The van der Waals surface area contributed by atoms with E-state index in [1.165, 1.54) is 17.8 Å². The number of rotatable bonds is 4. The van der Waals surface area contributed by atoms with Crippen LogP contribution in [0.3, 0.4) is 0 Å². The van der Waals surface area contributed by atoms with E-state index in [1.54, 1.807) is 11.1 Å². The maximum absolute atomic E-state index is 13.4. The van der Waals surface area contributed by atoms with Gasteiger partial charge in [0, 0.05) is 44.8 Å². The number of carbonyl (C=O) groups excluding carboxylic acids is 1. The van der Waals surface area contributed by atoms with Crippen LogP contribution in [0.2, 0.25) is 0 Å².